The summed E-state index contributed by atoms with van der Waals surface area (Å²) in [6.45, 7) is 1.74. The van der Waals surface area contributed by atoms with Crippen molar-refractivity contribution >= 4 is 12.4 Å². The number of alkyl halides is 2. The van der Waals surface area contributed by atoms with Crippen LogP contribution in [0.3, 0.4) is 0 Å². The second-order valence-electron chi connectivity index (χ2n) is 2.46. The van der Waals surface area contributed by atoms with Crippen LogP contribution in [0.25, 0.3) is 0 Å². The number of rotatable bonds is 2. The molecule has 1 aromatic rings. The van der Waals surface area contributed by atoms with E-state index < -0.39 is 12.2 Å². The molecule has 1 unspecified atom stereocenters. The number of hydrogen-bond donors (Lipinski definition) is 1. The molecule has 0 bridgehead atoms. The molecular weight excluding hydrogens is 200 g/mol. The minimum absolute atomic E-state index is 0. The number of hydrogen-bond acceptors (Lipinski definition) is 3. The normalized spacial score (nSPS) is 12.4. The fraction of sp³-hybridized carbons (Fsp3) is 0.429. The molecule has 74 valence electrons. The molecule has 0 radical (unpaired) electrons. The van der Waals surface area contributed by atoms with Crippen molar-refractivity contribution in [3.63, 3.8) is 0 Å². The summed E-state index contributed by atoms with van der Waals surface area (Å²) >= 11 is 0. The fourth-order valence-corrected chi connectivity index (χ4v) is 0.696. The highest BCUT2D eigenvalue weighted by Gasteiger charge is 2.10. The summed E-state index contributed by atoms with van der Waals surface area (Å²) in [5.41, 5.74) is 6.12. The molecule has 0 aliphatic carbocycles. The molecule has 0 amide bonds. The van der Waals surface area contributed by atoms with Crippen LogP contribution in [-0.4, -0.2) is 9.97 Å². The minimum Gasteiger partial charge on any atom is -0.324 e. The second-order valence-corrected chi connectivity index (χ2v) is 2.46. The summed E-state index contributed by atoms with van der Waals surface area (Å²) in [4.78, 5) is 6.92. The largest absolute Gasteiger partial charge is 0.324 e. The van der Waals surface area contributed by atoms with Gasteiger partial charge in [0.15, 0.2) is 5.82 Å². The monoisotopic (exact) mass is 209 g/mol. The van der Waals surface area contributed by atoms with Gasteiger partial charge in [0.05, 0.1) is 0 Å². The molecule has 1 atom stereocenters. The smallest absolute Gasteiger partial charge is 0.297 e. The Hall–Kier alpha value is -0.810. The zero-order valence-corrected chi connectivity index (χ0v) is 7.76. The maximum absolute atomic E-state index is 11.9. The van der Waals surface area contributed by atoms with Crippen LogP contribution in [0.4, 0.5) is 8.78 Å². The zero-order chi connectivity index (χ0) is 9.14. The Morgan fingerprint density at radius 3 is 2.08 bits per heavy atom. The van der Waals surface area contributed by atoms with Gasteiger partial charge in [0.1, 0.15) is 0 Å². The molecule has 1 heterocycles. The number of nitrogens with two attached hydrogens (primary N) is 1. The molecule has 1 rings (SSSR count). The number of nitrogens with zero attached hydrogens (tertiary/aromatic N) is 2. The Kier molecular flexibility index (Phi) is 4.72. The number of aromatic nitrogens is 2. The minimum atomic E-state index is -2.62. The summed E-state index contributed by atoms with van der Waals surface area (Å²) in [6, 6.07) is -0.225. The van der Waals surface area contributed by atoms with E-state index in [1.165, 1.54) is 12.4 Å². The van der Waals surface area contributed by atoms with Gasteiger partial charge in [-0.1, -0.05) is 0 Å². The molecule has 0 fully saturated rings. The summed E-state index contributed by atoms with van der Waals surface area (Å²) in [5.74, 6) is -0.459. The van der Waals surface area contributed by atoms with Crippen molar-refractivity contribution < 1.29 is 8.78 Å². The molecule has 0 aliphatic heterocycles. The Bertz CT molecular complexity index is 223. The van der Waals surface area contributed by atoms with Crippen molar-refractivity contribution in [2.75, 3.05) is 0 Å². The third kappa shape index (κ3) is 3.20. The SMILES string of the molecule is CC(N)c1cnc(C(F)F)nc1.Cl. The predicted molar refractivity (Wildman–Crippen MR) is 46.8 cm³/mol. The molecule has 13 heavy (non-hydrogen) atoms. The first-order valence-corrected chi connectivity index (χ1v) is 3.47. The molecule has 0 saturated heterocycles. The van der Waals surface area contributed by atoms with Crippen LogP contribution in [0.1, 0.15) is 30.8 Å². The summed E-state index contributed by atoms with van der Waals surface area (Å²) in [5, 5.41) is 0. The van der Waals surface area contributed by atoms with Gasteiger partial charge in [-0.25, -0.2) is 18.7 Å². The van der Waals surface area contributed by atoms with Gasteiger partial charge in [-0.15, -0.1) is 12.4 Å². The van der Waals surface area contributed by atoms with Crippen LogP contribution < -0.4 is 5.73 Å². The Morgan fingerprint density at radius 2 is 1.77 bits per heavy atom. The quantitative estimate of drug-likeness (QED) is 0.809. The van der Waals surface area contributed by atoms with Crippen LogP contribution in [0.5, 0.6) is 0 Å². The second kappa shape index (κ2) is 5.04. The first-order chi connectivity index (χ1) is 5.61. The highest BCUT2D eigenvalue weighted by atomic mass is 35.5. The van der Waals surface area contributed by atoms with Gasteiger partial charge in [0.25, 0.3) is 6.43 Å². The van der Waals surface area contributed by atoms with E-state index in [1.54, 1.807) is 6.92 Å². The summed E-state index contributed by atoms with van der Waals surface area (Å²) in [6.07, 6.45) is 0.0188. The van der Waals surface area contributed by atoms with Crippen LogP contribution in [0, 0.1) is 0 Å². The Labute approximate surface area is 80.8 Å². The summed E-state index contributed by atoms with van der Waals surface area (Å²) in [7, 11) is 0. The first-order valence-electron chi connectivity index (χ1n) is 3.47. The Balaban J connectivity index is 0.00000144. The number of halogens is 3. The molecule has 0 saturated carbocycles. The van der Waals surface area contributed by atoms with Gasteiger partial charge in [-0.3, -0.25) is 0 Å². The van der Waals surface area contributed by atoms with E-state index in [1.807, 2.05) is 0 Å². The van der Waals surface area contributed by atoms with Gasteiger partial charge in [-0.05, 0) is 6.92 Å². The lowest BCUT2D eigenvalue weighted by molar-refractivity contribution is 0.140. The van der Waals surface area contributed by atoms with Crippen LogP contribution in [0.15, 0.2) is 12.4 Å². The van der Waals surface area contributed by atoms with E-state index in [-0.39, 0.29) is 18.4 Å². The van der Waals surface area contributed by atoms with Crippen molar-refractivity contribution in [1.29, 1.82) is 0 Å². The topological polar surface area (TPSA) is 51.8 Å². The first kappa shape index (κ1) is 12.2. The van der Waals surface area contributed by atoms with E-state index in [2.05, 4.69) is 9.97 Å². The average Bonchev–Trinajstić information content (AvgIpc) is 2.04. The molecular formula is C7H10ClF2N3. The van der Waals surface area contributed by atoms with Crippen LogP contribution >= 0.6 is 12.4 Å². The maximum Gasteiger partial charge on any atom is 0.297 e. The lowest BCUT2D eigenvalue weighted by Crippen LogP contribution is -2.07. The van der Waals surface area contributed by atoms with E-state index >= 15 is 0 Å². The van der Waals surface area contributed by atoms with Crippen molar-refractivity contribution in [2.24, 2.45) is 5.73 Å². The van der Waals surface area contributed by atoms with Crippen LogP contribution in [-0.2, 0) is 0 Å². The third-order valence-electron chi connectivity index (χ3n) is 1.41. The zero-order valence-electron chi connectivity index (χ0n) is 6.95. The Morgan fingerprint density at radius 1 is 1.31 bits per heavy atom. The van der Waals surface area contributed by atoms with Gasteiger partial charge in [0.2, 0.25) is 0 Å². The van der Waals surface area contributed by atoms with Crippen molar-refractivity contribution in [2.45, 2.75) is 19.4 Å². The molecule has 3 nitrogen and oxygen atoms in total. The van der Waals surface area contributed by atoms with Gasteiger partial charge in [-0.2, -0.15) is 0 Å². The fourth-order valence-electron chi connectivity index (χ4n) is 0.696. The van der Waals surface area contributed by atoms with Gasteiger partial charge >= 0.3 is 0 Å². The van der Waals surface area contributed by atoms with E-state index in [0.29, 0.717) is 5.56 Å². The van der Waals surface area contributed by atoms with Crippen molar-refractivity contribution in [3.8, 4) is 0 Å². The molecule has 0 aliphatic rings. The average molecular weight is 210 g/mol. The highest BCUT2D eigenvalue weighted by molar-refractivity contribution is 5.85. The predicted octanol–water partition coefficient (Wildman–Crippen LogP) is 1.86. The van der Waals surface area contributed by atoms with Crippen LogP contribution in [0.2, 0.25) is 0 Å². The third-order valence-corrected chi connectivity index (χ3v) is 1.41. The van der Waals surface area contributed by atoms with Gasteiger partial charge < -0.3 is 5.73 Å². The van der Waals surface area contributed by atoms with E-state index in [9.17, 15) is 8.78 Å². The molecule has 0 aromatic carbocycles. The summed E-state index contributed by atoms with van der Waals surface area (Å²) < 4.78 is 23.9. The van der Waals surface area contributed by atoms with E-state index in [4.69, 9.17) is 5.73 Å². The molecule has 1 aromatic heterocycles. The molecule has 2 N–H and O–H groups in total. The standard InChI is InChI=1S/C7H9F2N3.ClH/c1-4(10)5-2-11-7(6(8)9)12-3-5;/h2-4,6H,10H2,1H3;1H. The van der Waals surface area contributed by atoms with Gasteiger partial charge in [0, 0.05) is 24.0 Å². The van der Waals surface area contributed by atoms with Crippen molar-refractivity contribution in [1.82, 2.24) is 9.97 Å². The lowest BCUT2D eigenvalue weighted by atomic mass is 10.2. The highest BCUT2D eigenvalue weighted by Crippen LogP contribution is 2.14. The van der Waals surface area contributed by atoms with Crippen molar-refractivity contribution in [3.05, 3.63) is 23.8 Å². The lowest BCUT2D eigenvalue weighted by Gasteiger charge is -2.04. The molecule has 0 spiro atoms. The molecule has 6 heteroatoms. The van der Waals surface area contributed by atoms with E-state index in [0.717, 1.165) is 0 Å². The maximum atomic E-state index is 11.9.